The lowest BCUT2D eigenvalue weighted by molar-refractivity contribution is -0.0498. The van der Waals surface area contributed by atoms with Gasteiger partial charge < -0.3 is 4.74 Å². The number of para-hydroxylation sites is 1. The second-order valence-electron chi connectivity index (χ2n) is 6.55. The number of halogens is 2. The van der Waals surface area contributed by atoms with Crippen molar-refractivity contribution in [1.29, 1.82) is 0 Å². The van der Waals surface area contributed by atoms with E-state index in [1.54, 1.807) is 36.5 Å². The van der Waals surface area contributed by atoms with Crippen molar-refractivity contribution in [3.05, 3.63) is 88.3 Å². The van der Waals surface area contributed by atoms with Gasteiger partial charge in [-0.25, -0.2) is 14.5 Å². The lowest BCUT2D eigenvalue weighted by Crippen LogP contribution is -2.22. The van der Waals surface area contributed by atoms with Crippen LogP contribution in [-0.4, -0.2) is 21.1 Å². The third kappa shape index (κ3) is 4.33. The molecule has 2 aromatic heterocycles. The maximum atomic E-state index is 13.2. The van der Waals surface area contributed by atoms with Gasteiger partial charge in [0.15, 0.2) is 5.16 Å². The van der Waals surface area contributed by atoms with Crippen molar-refractivity contribution in [2.75, 3.05) is 0 Å². The second kappa shape index (κ2) is 8.62. The van der Waals surface area contributed by atoms with E-state index in [-0.39, 0.29) is 11.3 Å². The Morgan fingerprint density at radius 3 is 2.60 bits per heavy atom. The van der Waals surface area contributed by atoms with Gasteiger partial charge in [0.05, 0.1) is 10.9 Å². The Balaban J connectivity index is 1.70. The summed E-state index contributed by atoms with van der Waals surface area (Å²) in [4.78, 5) is 22.2. The zero-order valence-electron chi connectivity index (χ0n) is 16.0. The van der Waals surface area contributed by atoms with Crippen LogP contribution in [0.4, 0.5) is 8.78 Å². The van der Waals surface area contributed by atoms with Crippen LogP contribution in [0.15, 0.2) is 76.8 Å². The number of pyridine rings is 1. The van der Waals surface area contributed by atoms with Crippen molar-refractivity contribution >= 4 is 22.7 Å². The van der Waals surface area contributed by atoms with Gasteiger partial charge in [0, 0.05) is 11.9 Å². The van der Waals surface area contributed by atoms with Gasteiger partial charge in [-0.3, -0.25) is 4.79 Å². The van der Waals surface area contributed by atoms with Crippen LogP contribution in [0.25, 0.3) is 16.7 Å². The molecule has 2 aromatic carbocycles. The summed E-state index contributed by atoms with van der Waals surface area (Å²) in [5.74, 6) is 1.09. The van der Waals surface area contributed by atoms with Crippen LogP contribution in [0.1, 0.15) is 11.1 Å². The zero-order valence-corrected chi connectivity index (χ0v) is 16.8. The lowest BCUT2D eigenvalue weighted by atomic mass is 10.2. The number of hydrogen-bond acceptors (Lipinski definition) is 5. The Morgan fingerprint density at radius 2 is 1.87 bits per heavy atom. The summed E-state index contributed by atoms with van der Waals surface area (Å²) in [6.07, 6.45) is 1.66. The molecule has 0 N–H and O–H groups in total. The lowest BCUT2D eigenvalue weighted by Gasteiger charge is -2.13. The van der Waals surface area contributed by atoms with E-state index in [1.807, 2.05) is 25.1 Å². The molecule has 5 nitrogen and oxygen atoms in total. The molecular formula is C22H17F2N3O2S. The average Bonchev–Trinajstić information content (AvgIpc) is 2.73. The Morgan fingerprint density at radius 1 is 1.10 bits per heavy atom. The summed E-state index contributed by atoms with van der Waals surface area (Å²) >= 11 is 1.37. The van der Waals surface area contributed by atoms with Crippen molar-refractivity contribution < 1.29 is 13.5 Å². The van der Waals surface area contributed by atoms with Crippen LogP contribution in [0, 0.1) is 6.92 Å². The van der Waals surface area contributed by atoms with Gasteiger partial charge in [-0.05, 0) is 54.4 Å². The minimum absolute atomic E-state index is 0.100. The molecule has 4 rings (SSSR count). The smallest absolute Gasteiger partial charge is 0.387 e. The van der Waals surface area contributed by atoms with Gasteiger partial charge in [0.25, 0.3) is 5.56 Å². The van der Waals surface area contributed by atoms with Crippen molar-refractivity contribution in [3.8, 4) is 11.6 Å². The molecule has 0 aliphatic heterocycles. The SMILES string of the molecule is Cc1ccnc(-n2c(SCc3ccc(OC(F)F)cc3)nc3ccccc3c2=O)c1. The fraction of sp³-hybridized carbons (Fsp3) is 0.136. The predicted molar refractivity (Wildman–Crippen MR) is 113 cm³/mol. The molecule has 30 heavy (non-hydrogen) atoms. The number of hydrogen-bond donors (Lipinski definition) is 0. The fourth-order valence-electron chi connectivity index (χ4n) is 2.97. The summed E-state index contributed by atoms with van der Waals surface area (Å²) < 4.78 is 30.5. The first-order valence-electron chi connectivity index (χ1n) is 9.12. The second-order valence-corrected chi connectivity index (χ2v) is 7.50. The molecule has 0 aliphatic rings. The summed E-state index contributed by atoms with van der Waals surface area (Å²) in [7, 11) is 0. The van der Waals surface area contributed by atoms with E-state index in [9.17, 15) is 13.6 Å². The normalized spacial score (nSPS) is 11.2. The fourth-order valence-corrected chi connectivity index (χ4v) is 3.93. The monoisotopic (exact) mass is 425 g/mol. The molecule has 0 bridgehead atoms. The summed E-state index contributed by atoms with van der Waals surface area (Å²) in [5.41, 5.74) is 2.27. The third-order valence-corrected chi connectivity index (χ3v) is 5.40. The zero-order chi connectivity index (χ0) is 21.1. The topological polar surface area (TPSA) is 57.0 Å². The standard InChI is InChI=1S/C22H17F2N3O2S/c1-14-10-11-25-19(12-14)27-20(28)17-4-2-3-5-18(17)26-22(27)30-13-15-6-8-16(9-7-15)29-21(23)24/h2-12,21H,13H2,1H3. The Bertz CT molecular complexity index is 1240. The third-order valence-electron chi connectivity index (χ3n) is 4.39. The number of nitrogens with zero attached hydrogens (tertiary/aromatic N) is 3. The number of thioether (sulfide) groups is 1. The molecule has 0 amide bonds. The highest BCUT2D eigenvalue weighted by molar-refractivity contribution is 7.98. The van der Waals surface area contributed by atoms with E-state index in [1.165, 1.54) is 28.5 Å². The molecule has 0 atom stereocenters. The first kappa shape index (κ1) is 20.0. The number of rotatable bonds is 6. The number of fused-ring (bicyclic) bond motifs is 1. The van der Waals surface area contributed by atoms with Crippen molar-refractivity contribution in [2.45, 2.75) is 24.4 Å². The van der Waals surface area contributed by atoms with E-state index in [0.717, 1.165) is 11.1 Å². The number of alkyl halides is 2. The van der Waals surface area contributed by atoms with E-state index in [4.69, 9.17) is 0 Å². The molecule has 0 saturated heterocycles. The molecule has 0 radical (unpaired) electrons. The van der Waals surface area contributed by atoms with Gasteiger partial charge in [-0.1, -0.05) is 36.0 Å². The Hall–Kier alpha value is -3.26. The minimum atomic E-state index is -2.86. The minimum Gasteiger partial charge on any atom is -0.435 e. The molecule has 152 valence electrons. The average molecular weight is 425 g/mol. The van der Waals surface area contributed by atoms with Crippen LogP contribution in [0.2, 0.25) is 0 Å². The first-order valence-corrected chi connectivity index (χ1v) is 10.1. The van der Waals surface area contributed by atoms with Crippen LogP contribution < -0.4 is 10.3 Å². The number of aryl methyl sites for hydroxylation is 1. The first-order chi connectivity index (χ1) is 14.5. The van der Waals surface area contributed by atoms with E-state index in [2.05, 4.69) is 14.7 Å². The molecule has 4 aromatic rings. The maximum absolute atomic E-state index is 13.2. The summed E-state index contributed by atoms with van der Waals surface area (Å²) in [6, 6.07) is 17.3. The van der Waals surface area contributed by atoms with Crippen LogP contribution in [0.3, 0.4) is 0 Å². The van der Waals surface area contributed by atoms with Crippen molar-refractivity contribution in [2.24, 2.45) is 0 Å². The Kier molecular flexibility index (Phi) is 5.76. The largest absolute Gasteiger partial charge is 0.435 e. The van der Waals surface area contributed by atoms with Crippen LogP contribution in [-0.2, 0) is 5.75 Å². The summed E-state index contributed by atoms with van der Waals surface area (Å²) in [6.45, 7) is -0.927. The Labute approximate surface area is 175 Å². The molecule has 0 aliphatic carbocycles. The quantitative estimate of drug-likeness (QED) is 0.322. The highest BCUT2D eigenvalue weighted by Gasteiger charge is 2.14. The van der Waals surface area contributed by atoms with Gasteiger partial charge in [0.2, 0.25) is 0 Å². The molecule has 0 unspecified atom stereocenters. The molecular weight excluding hydrogens is 408 g/mol. The van der Waals surface area contributed by atoms with Gasteiger partial charge in [-0.15, -0.1) is 0 Å². The molecule has 0 saturated carbocycles. The molecule has 8 heteroatoms. The molecule has 2 heterocycles. The summed E-state index contributed by atoms with van der Waals surface area (Å²) in [5, 5.41) is 1.02. The van der Waals surface area contributed by atoms with Crippen molar-refractivity contribution in [1.82, 2.24) is 14.5 Å². The molecule has 0 fully saturated rings. The van der Waals surface area contributed by atoms with Gasteiger partial charge in [-0.2, -0.15) is 8.78 Å². The highest BCUT2D eigenvalue weighted by Crippen LogP contribution is 2.25. The van der Waals surface area contributed by atoms with Gasteiger partial charge >= 0.3 is 6.61 Å². The van der Waals surface area contributed by atoms with Crippen LogP contribution >= 0.6 is 11.8 Å². The number of aromatic nitrogens is 3. The van der Waals surface area contributed by atoms with E-state index < -0.39 is 6.61 Å². The maximum Gasteiger partial charge on any atom is 0.387 e. The van der Waals surface area contributed by atoms with E-state index >= 15 is 0 Å². The van der Waals surface area contributed by atoms with Gasteiger partial charge in [0.1, 0.15) is 11.6 Å². The van der Waals surface area contributed by atoms with Crippen molar-refractivity contribution in [3.63, 3.8) is 0 Å². The van der Waals surface area contributed by atoms with E-state index in [0.29, 0.717) is 27.6 Å². The number of ether oxygens (including phenoxy) is 1. The highest BCUT2D eigenvalue weighted by atomic mass is 32.2. The van der Waals surface area contributed by atoms with Crippen LogP contribution in [0.5, 0.6) is 5.75 Å². The predicted octanol–water partition coefficient (Wildman–Crippen LogP) is 4.98. The number of benzene rings is 2. The molecule has 0 spiro atoms.